The number of carbonyl (C=O) groups is 2. The summed E-state index contributed by atoms with van der Waals surface area (Å²) in [6.07, 6.45) is 2.83. The Kier molecular flexibility index (Phi) is 8.03. The summed E-state index contributed by atoms with van der Waals surface area (Å²) < 4.78 is 6.64. The molecule has 10 heteroatoms. The molecule has 0 spiro atoms. The number of nitrogens with zero attached hydrogens (tertiary/aromatic N) is 3. The van der Waals surface area contributed by atoms with Crippen LogP contribution in [0.1, 0.15) is 28.8 Å². The van der Waals surface area contributed by atoms with Gasteiger partial charge in [-0.25, -0.2) is 4.98 Å². The lowest BCUT2D eigenvalue weighted by Crippen LogP contribution is -2.46. The van der Waals surface area contributed by atoms with Gasteiger partial charge in [0.15, 0.2) is 0 Å². The quantitative estimate of drug-likeness (QED) is 0.478. The van der Waals surface area contributed by atoms with Crippen molar-refractivity contribution in [3.8, 4) is 0 Å². The Morgan fingerprint density at radius 3 is 2.64 bits per heavy atom. The number of amides is 2. The largest absolute Gasteiger partial charge is 0.396 e. The van der Waals surface area contributed by atoms with Crippen molar-refractivity contribution in [3.05, 3.63) is 75.2 Å². The molecular weight excluding hydrogens is 484 g/mol. The molecule has 0 unspecified atom stereocenters. The molecule has 1 aliphatic heterocycles. The maximum absolute atomic E-state index is 13.4. The molecule has 2 aromatic heterocycles. The standard InChI is InChI=1S/C26H29ClN4O5/c1-30(16-26(17-32)8-11-36-12-9-26)22(33)15-31-23-19(3-2-10-28-23)13-21(25(31)35)24(34)29-14-18-4-6-20(27)7-5-18/h2-7,10,13,32H,8-9,11-12,14-17H2,1H3,(H,29,34). The molecule has 0 bridgehead atoms. The van der Waals surface area contributed by atoms with Crippen molar-refractivity contribution in [1.29, 1.82) is 0 Å². The number of halogens is 1. The van der Waals surface area contributed by atoms with Gasteiger partial charge in [-0.3, -0.25) is 19.0 Å². The molecule has 1 fully saturated rings. The molecule has 3 aromatic rings. The summed E-state index contributed by atoms with van der Waals surface area (Å²) in [7, 11) is 1.65. The first-order valence-electron chi connectivity index (χ1n) is 11.8. The zero-order valence-electron chi connectivity index (χ0n) is 20.1. The molecule has 36 heavy (non-hydrogen) atoms. The molecule has 3 heterocycles. The zero-order chi connectivity index (χ0) is 25.7. The first-order valence-corrected chi connectivity index (χ1v) is 12.1. The summed E-state index contributed by atoms with van der Waals surface area (Å²) in [5.74, 6) is -0.862. The summed E-state index contributed by atoms with van der Waals surface area (Å²) in [5.41, 5.74) is 0.0486. The third-order valence-electron chi connectivity index (χ3n) is 6.64. The lowest BCUT2D eigenvalue weighted by Gasteiger charge is -2.38. The summed E-state index contributed by atoms with van der Waals surface area (Å²) in [6.45, 7) is 1.29. The van der Waals surface area contributed by atoms with Crippen molar-refractivity contribution >= 4 is 34.4 Å². The fourth-order valence-corrected chi connectivity index (χ4v) is 4.54. The average Bonchev–Trinajstić information content (AvgIpc) is 2.90. The number of aliphatic hydroxyl groups excluding tert-OH is 1. The molecule has 2 amide bonds. The Morgan fingerprint density at radius 2 is 1.94 bits per heavy atom. The number of carbonyl (C=O) groups excluding carboxylic acids is 2. The Hall–Kier alpha value is -3.27. The van der Waals surface area contributed by atoms with Crippen LogP contribution in [0, 0.1) is 5.41 Å². The number of hydrogen-bond donors (Lipinski definition) is 2. The van der Waals surface area contributed by atoms with Gasteiger partial charge in [0.1, 0.15) is 17.8 Å². The topological polar surface area (TPSA) is 114 Å². The van der Waals surface area contributed by atoms with Crippen molar-refractivity contribution in [1.82, 2.24) is 19.8 Å². The van der Waals surface area contributed by atoms with Crippen LogP contribution >= 0.6 is 11.6 Å². The SMILES string of the molecule is CN(CC1(CO)CCOCC1)C(=O)Cn1c(=O)c(C(=O)NCc2ccc(Cl)cc2)cc2cccnc21. The van der Waals surface area contributed by atoms with Crippen LogP contribution < -0.4 is 10.9 Å². The molecule has 0 radical (unpaired) electrons. The van der Waals surface area contributed by atoms with E-state index in [0.29, 0.717) is 48.7 Å². The van der Waals surface area contributed by atoms with E-state index in [1.165, 1.54) is 21.7 Å². The first kappa shape index (κ1) is 25.8. The van der Waals surface area contributed by atoms with Crippen LogP contribution in [0.25, 0.3) is 11.0 Å². The lowest BCUT2D eigenvalue weighted by atomic mass is 9.80. The van der Waals surface area contributed by atoms with E-state index in [-0.39, 0.29) is 31.2 Å². The molecule has 1 aromatic carbocycles. The van der Waals surface area contributed by atoms with Gasteiger partial charge < -0.3 is 20.1 Å². The number of likely N-dealkylation sites (N-methyl/N-ethyl adjacent to an activating group) is 1. The Balaban J connectivity index is 1.57. The molecule has 1 saturated heterocycles. The van der Waals surface area contributed by atoms with E-state index in [9.17, 15) is 19.5 Å². The molecule has 0 aliphatic carbocycles. The minimum Gasteiger partial charge on any atom is -0.396 e. The van der Waals surface area contributed by atoms with Gasteiger partial charge in [-0.15, -0.1) is 0 Å². The number of ether oxygens (including phenoxy) is 1. The molecule has 4 rings (SSSR count). The van der Waals surface area contributed by atoms with Gasteiger partial charge in [0.25, 0.3) is 11.5 Å². The lowest BCUT2D eigenvalue weighted by molar-refractivity contribution is -0.134. The number of rotatable bonds is 8. The van der Waals surface area contributed by atoms with Crippen LogP contribution in [0.5, 0.6) is 0 Å². The number of pyridine rings is 2. The first-order chi connectivity index (χ1) is 17.3. The highest BCUT2D eigenvalue weighted by molar-refractivity contribution is 6.30. The van der Waals surface area contributed by atoms with Gasteiger partial charge in [-0.1, -0.05) is 23.7 Å². The Morgan fingerprint density at radius 1 is 1.22 bits per heavy atom. The average molecular weight is 513 g/mol. The van der Waals surface area contributed by atoms with Gasteiger partial charge in [0, 0.05) is 55.4 Å². The van der Waals surface area contributed by atoms with E-state index in [0.717, 1.165) is 5.56 Å². The summed E-state index contributed by atoms with van der Waals surface area (Å²) in [4.78, 5) is 45.3. The van der Waals surface area contributed by atoms with Gasteiger partial charge in [-0.05, 0) is 48.7 Å². The third kappa shape index (κ3) is 5.75. The predicted molar refractivity (Wildman–Crippen MR) is 136 cm³/mol. The van der Waals surface area contributed by atoms with Gasteiger partial charge in [0.2, 0.25) is 5.91 Å². The molecule has 1 aliphatic rings. The molecule has 0 atom stereocenters. The second-order valence-electron chi connectivity index (χ2n) is 9.19. The van der Waals surface area contributed by atoms with E-state index < -0.39 is 16.9 Å². The molecule has 190 valence electrons. The van der Waals surface area contributed by atoms with Gasteiger partial charge >= 0.3 is 0 Å². The Bertz CT molecular complexity index is 1300. The Labute approximate surface area is 213 Å². The van der Waals surface area contributed by atoms with Crippen molar-refractivity contribution in [3.63, 3.8) is 0 Å². The van der Waals surface area contributed by atoms with Crippen LogP contribution in [-0.4, -0.2) is 64.8 Å². The third-order valence-corrected chi connectivity index (χ3v) is 6.89. The molecular formula is C26H29ClN4O5. The molecule has 0 saturated carbocycles. The van der Waals surface area contributed by atoms with Crippen LogP contribution in [0.15, 0.2) is 53.5 Å². The number of nitrogens with one attached hydrogen (secondary N) is 1. The van der Waals surface area contributed by atoms with Crippen molar-refractivity contribution in [2.75, 3.05) is 33.4 Å². The minimum atomic E-state index is -0.598. The highest BCUT2D eigenvalue weighted by Gasteiger charge is 2.34. The number of aliphatic hydroxyl groups is 1. The number of aromatic nitrogens is 2. The maximum atomic E-state index is 13.4. The fraction of sp³-hybridized carbons (Fsp3) is 0.385. The second-order valence-corrected chi connectivity index (χ2v) is 9.63. The highest BCUT2D eigenvalue weighted by atomic mass is 35.5. The second kappa shape index (κ2) is 11.2. The van der Waals surface area contributed by atoms with Crippen LogP contribution in [0.2, 0.25) is 5.02 Å². The van der Waals surface area contributed by atoms with E-state index in [4.69, 9.17) is 16.3 Å². The molecule has 9 nitrogen and oxygen atoms in total. The van der Waals surface area contributed by atoms with E-state index in [1.54, 1.807) is 43.4 Å². The predicted octanol–water partition coefficient (Wildman–Crippen LogP) is 2.23. The fourth-order valence-electron chi connectivity index (χ4n) is 4.41. The van der Waals surface area contributed by atoms with Crippen LogP contribution in [-0.2, 0) is 22.6 Å². The van der Waals surface area contributed by atoms with E-state index >= 15 is 0 Å². The maximum Gasteiger partial charge on any atom is 0.265 e. The van der Waals surface area contributed by atoms with Crippen molar-refractivity contribution in [2.45, 2.75) is 25.9 Å². The van der Waals surface area contributed by atoms with Crippen LogP contribution in [0.3, 0.4) is 0 Å². The van der Waals surface area contributed by atoms with Crippen LogP contribution in [0.4, 0.5) is 0 Å². The summed E-state index contributed by atoms with van der Waals surface area (Å²) >= 11 is 5.91. The summed E-state index contributed by atoms with van der Waals surface area (Å²) in [6, 6.07) is 12.0. The smallest absolute Gasteiger partial charge is 0.265 e. The number of fused-ring (bicyclic) bond motifs is 1. The van der Waals surface area contributed by atoms with Gasteiger partial charge in [0.05, 0.1) is 6.61 Å². The number of hydrogen-bond acceptors (Lipinski definition) is 6. The minimum absolute atomic E-state index is 0.0539. The van der Waals surface area contributed by atoms with E-state index in [2.05, 4.69) is 10.3 Å². The highest BCUT2D eigenvalue weighted by Crippen LogP contribution is 2.30. The number of benzene rings is 1. The summed E-state index contributed by atoms with van der Waals surface area (Å²) in [5, 5.41) is 13.9. The van der Waals surface area contributed by atoms with Crippen molar-refractivity contribution in [2.24, 2.45) is 5.41 Å². The van der Waals surface area contributed by atoms with Crippen molar-refractivity contribution < 1.29 is 19.4 Å². The monoisotopic (exact) mass is 512 g/mol. The normalized spacial score (nSPS) is 15.0. The van der Waals surface area contributed by atoms with E-state index in [1.807, 2.05) is 0 Å². The zero-order valence-corrected chi connectivity index (χ0v) is 20.8. The van der Waals surface area contributed by atoms with Gasteiger partial charge in [-0.2, -0.15) is 0 Å². The molecule has 2 N–H and O–H groups in total.